The standard InChI is InChI=1S/C33H40F3N3O/c1-32(2,40)28-10-5-9-24(20-28)25-16-17-37-31(21-25)38-30-11-4-3-8-26(30)19-23-7-6-18-39(22-23)29-14-12-27(13-15-29)33(34,35)36/h5,9-10,12-17,20-21,23,26,30,40H,3-4,6-8,11,18-19,22H2,1-2H3,(H,37,38)/t23-,26+,30-/m1/s1. The number of rotatable bonds is 7. The molecular formula is C33H40F3N3O. The van der Waals surface area contributed by atoms with Gasteiger partial charge in [0.25, 0.3) is 0 Å². The van der Waals surface area contributed by atoms with Crippen LogP contribution in [0.25, 0.3) is 11.1 Å². The minimum absolute atomic E-state index is 0.348. The molecule has 3 atom stereocenters. The fourth-order valence-electron chi connectivity index (χ4n) is 6.42. The number of aromatic nitrogens is 1. The molecule has 4 nitrogen and oxygen atoms in total. The number of halogens is 3. The van der Waals surface area contributed by atoms with E-state index in [1.165, 1.54) is 31.4 Å². The molecule has 214 valence electrons. The lowest BCUT2D eigenvalue weighted by atomic mass is 9.77. The monoisotopic (exact) mass is 551 g/mol. The number of hydrogen-bond acceptors (Lipinski definition) is 4. The first-order chi connectivity index (χ1) is 19.1. The molecule has 2 N–H and O–H groups in total. The summed E-state index contributed by atoms with van der Waals surface area (Å²) < 4.78 is 39.0. The van der Waals surface area contributed by atoms with Gasteiger partial charge in [0.2, 0.25) is 0 Å². The largest absolute Gasteiger partial charge is 0.416 e. The maximum absolute atomic E-state index is 13.0. The summed E-state index contributed by atoms with van der Waals surface area (Å²) in [6.07, 6.45) is 5.59. The molecule has 0 unspecified atom stereocenters. The molecule has 5 rings (SSSR count). The molecule has 7 heteroatoms. The van der Waals surface area contributed by atoms with Gasteiger partial charge in [0, 0.05) is 31.0 Å². The van der Waals surface area contributed by atoms with Crippen LogP contribution in [0.3, 0.4) is 0 Å². The van der Waals surface area contributed by atoms with Gasteiger partial charge in [-0.3, -0.25) is 0 Å². The van der Waals surface area contributed by atoms with Gasteiger partial charge in [-0.05, 0) is 117 Å². The molecule has 0 radical (unpaired) electrons. The van der Waals surface area contributed by atoms with Crippen LogP contribution in [0.1, 0.15) is 69.9 Å². The molecule has 40 heavy (non-hydrogen) atoms. The van der Waals surface area contributed by atoms with Crippen molar-refractivity contribution in [2.45, 2.75) is 76.6 Å². The van der Waals surface area contributed by atoms with E-state index in [1.54, 1.807) is 26.0 Å². The lowest BCUT2D eigenvalue weighted by Gasteiger charge is -2.39. The van der Waals surface area contributed by atoms with Crippen LogP contribution in [-0.4, -0.2) is 29.2 Å². The van der Waals surface area contributed by atoms with Crippen molar-refractivity contribution in [3.63, 3.8) is 0 Å². The molecule has 1 saturated heterocycles. The summed E-state index contributed by atoms with van der Waals surface area (Å²) in [7, 11) is 0. The Morgan fingerprint density at radius 1 is 0.900 bits per heavy atom. The lowest BCUT2D eigenvalue weighted by Crippen LogP contribution is -2.39. The number of pyridine rings is 1. The zero-order valence-electron chi connectivity index (χ0n) is 23.4. The highest BCUT2D eigenvalue weighted by Gasteiger charge is 2.32. The summed E-state index contributed by atoms with van der Waals surface area (Å²) in [6.45, 7) is 5.37. The summed E-state index contributed by atoms with van der Waals surface area (Å²) in [5, 5.41) is 14.2. The van der Waals surface area contributed by atoms with Gasteiger partial charge in [0.15, 0.2) is 0 Å². The normalized spacial score (nSPS) is 22.2. The fourth-order valence-corrected chi connectivity index (χ4v) is 6.42. The highest BCUT2D eigenvalue weighted by atomic mass is 19.4. The number of anilines is 2. The van der Waals surface area contributed by atoms with Gasteiger partial charge in [-0.2, -0.15) is 13.2 Å². The van der Waals surface area contributed by atoms with E-state index in [-0.39, 0.29) is 0 Å². The van der Waals surface area contributed by atoms with Crippen molar-refractivity contribution < 1.29 is 18.3 Å². The maximum Gasteiger partial charge on any atom is 0.416 e. The molecule has 0 amide bonds. The average Bonchev–Trinajstić information content (AvgIpc) is 2.94. The predicted octanol–water partition coefficient (Wildman–Crippen LogP) is 8.27. The molecule has 2 aliphatic rings. The van der Waals surface area contributed by atoms with Gasteiger partial charge in [-0.1, -0.05) is 31.0 Å². The van der Waals surface area contributed by atoms with E-state index < -0.39 is 17.3 Å². The number of hydrogen-bond donors (Lipinski definition) is 2. The number of nitrogens with one attached hydrogen (secondary N) is 1. The van der Waals surface area contributed by atoms with Gasteiger partial charge in [-0.25, -0.2) is 4.98 Å². The average molecular weight is 552 g/mol. The van der Waals surface area contributed by atoms with Crippen LogP contribution in [0.15, 0.2) is 66.9 Å². The second kappa shape index (κ2) is 11.8. The molecular weight excluding hydrogens is 511 g/mol. The minimum atomic E-state index is -4.30. The van der Waals surface area contributed by atoms with Crippen LogP contribution in [0.2, 0.25) is 0 Å². The number of piperidine rings is 1. The summed E-state index contributed by atoms with van der Waals surface area (Å²) in [5.41, 5.74) is 2.38. The Morgan fingerprint density at radius 3 is 2.40 bits per heavy atom. The summed E-state index contributed by atoms with van der Waals surface area (Å²) >= 11 is 0. The van der Waals surface area contributed by atoms with Crippen LogP contribution >= 0.6 is 0 Å². The number of aliphatic hydroxyl groups is 1. The van der Waals surface area contributed by atoms with E-state index in [4.69, 9.17) is 0 Å². The molecule has 1 aromatic heterocycles. The second-order valence-corrected chi connectivity index (χ2v) is 12.1. The van der Waals surface area contributed by atoms with Crippen LogP contribution in [0.5, 0.6) is 0 Å². The Kier molecular flexibility index (Phi) is 8.41. The highest BCUT2D eigenvalue weighted by molar-refractivity contribution is 5.67. The minimum Gasteiger partial charge on any atom is -0.386 e. The topological polar surface area (TPSA) is 48.4 Å². The third-order valence-corrected chi connectivity index (χ3v) is 8.62. The Balaban J connectivity index is 1.24. The quantitative estimate of drug-likeness (QED) is 0.310. The van der Waals surface area contributed by atoms with Crippen molar-refractivity contribution in [2.24, 2.45) is 11.8 Å². The summed E-state index contributed by atoms with van der Waals surface area (Å²) in [4.78, 5) is 6.90. The molecule has 1 saturated carbocycles. The van der Waals surface area contributed by atoms with Crippen molar-refractivity contribution in [1.29, 1.82) is 0 Å². The maximum atomic E-state index is 13.0. The van der Waals surface area contributed by atoms with E-state index in [2.05, 4.69) is 27.3 Å². The lowest BCUT2D eigenvalue weighted by molar-refractivity contribution is -0.137. The first kappa shape index (κ1) is 28.5. The number of nitrogens with zero attached hydrogens (tertiary/aromatic N) is 2. The van der Waals surface area contributed by atoms with E-state index in [9.17, 15) is 18.3 Å². The highest BCUT2D eigenvalue weighted by Crippen LogP contribution is 2.37. The number of benzene rings is 2. The van der Waals surface area contributed by atoms with E-state index >= 15 is 0 Å². The van der Waals surface area contributed by atoms with Crippen LogP contribution in [0, 0.1) is 11.8 Å². The fraction of sp³-hybridized carbons (Fsp3) is 0.485. The smallest absolute Gasteiger partial charge is 0.386 e. The molecule has 2 fully saturated rings. The molecule has 1 aliphatic carbocycles. The summed E-state index contributed by atoms with van der Waals surface area (Å²) in [5.74, 6) is 1.93. The van der Waals surface area contributed by atoms with E-state index in [0.29, 0.717) is 17.9 Å². The van der Waals surface area contributed by atoms with Gasteiger partial charge >= 0.3 is 6.18 Å². The molecule has 0 bridgehead atoms. The number of alkyl halides is 3. The molecule has 2 heterocycles. The van der Waals surface area contributed by atoms with Crippen molar-refractivity contribution in [1.82, 2.24) is 4.98 Å². The van der Waals surface area contributed by atoms with Crippen molar-refractivity contribution in [3.8, 4) is 11.1 Å². The summed E-state index contributed by atoms with van der Waals surface area (Å²) in [6, 6.07) is 18.1. The Labute approximate surface area is 235 Å². The van der Waals surface area contributed by atoms with Crippen LogP contribution in [0.4, 0.5) is 24.7 Å². The van der Waals surface area contributed by atoms with Gasteiger partial charge in [-0.15, -0.1) is 0 Å². The van der Waals surface area contributed by atoms with Crippen molar-refractivity contribution >= 4 is 11.5 Å². The molecule has 3 aromatic rings. The first-order valence-electron chi connectivity index (χ1n) is 14.5. The van der Waals surface area contributed by atoms with Crippen LogP contribution < -0.4 is 10.2 Å². The zero-order chi connectivity index (χ0) is 28.3. The molecule has 1 aliphatic heterocycles. The Morgan fingerprint density at radius 2 is 1.65 bits per heavy atom. The van der Waals surface area contributed by atoms with Crippen molar-refractivity contribution in [2.75, 3.05) is 23.3 Å². The Bertz CT molecular complexity index is 1270. The Hall–Kier alpha value is -3.06. The van der Waals surface area contributed by atoms with Crippen LogP contribution in [-0.2, 0) is 11.8 Å². The van der Waals surface area contributed by atoms with E-state index in [1.807, 2.05) is 30.5 Å². The van der Waals surface area contributed by atoms with Gasteiger partial charge in [0.05, 0.1) is 11.2 Å². The van der Waals surface area contributed by atoms with Crippen molar-refractivity contribution in [3.05, 3.63) is 78.0 Å². The van der Waals surface area contributed by atoms with E-state index in [0.717, 1.165) is 67.0 Å². The zero-order valence-corrected chi connectivity index (χ0v) is 23.4. The van der Waals surface area contributed by atoms with Gasteiger partial charge < -0.3 is 15.3 Å². The third kappa shape index (κ3) is 6.98. The SMILES string of the molecule is CC(C)(O)c1cccc(-c2ccnc(N[C@@H]3CCCC[C@H]3C[C@H]3CCCN(c4ccc(C(F)(F)F)cc4)C3)c2)c1. The van der Waals surface area contributed by atoms with Gasteiger partial charge in [0.1, 0.15) is 5.82 Å². The molecule has 0 spiro atoms. The first-order valence-corrected chi connectivity index (χ1v) is 14.5. The molecule has 2 aromatic carbocycles. The second-order valence-electron chi connectivity index (χ2n) is 12.1. The third-order valence-electron chi connectivity index (χ3n) is 8.62. The predicted molar refractivity (Wildman–Crippen MR) is 155 cm³/mol.